The highest BCUT2D eigenvalue weighted by atomic mass is 35.5. The van der Waals surface area contributed by atoms with Crippen molar-refractivity contribution in [3.05, 3.63) is 62.6 Å². The van der Waals surface area contributed by atoms with Crippen molar-refractivity contribution in [2.24, 2.45) is 13.0 Å². The van der Waals surface area contributed by atoms with Crippen LogP contribution in [0, 0.1) is 31.1 Å². The molecule has 1 aromatic carbocycles. The van der Waals surface area contributed by atoms with Gasteiger partial charge in [0.2, 0.25) is 0 Å². The van der Waals surface area contributed by atoms with Gasteiger partial charge >= 0.3 is 5.97 Å². The van der Waals surface area contributed by atoms with Crippen molar-refractivity contribution < 1.29 is 14.6 Å². The quantitative estimate of drug-likeness (QED) is 0.439. The van der Waals surface area contributed by atoms with Crippen LogP contribution in [-0.2, 0) is 34.8 Å². The van der Waals surface area contributed by atoms with Crippen LogP contribution in [0.15, 0.2) is 29.5 Å². The zero-order chi connectivity index (χ0) is 26.3. The number of esters is 1. The fourth-order valence-electron chi connectivity index (χ4n) is 5.87. The smallest absolute Gasteiger partial charge is 0.338 e. The Hall–Kier alpha value is -2.78. The first-order valence-electron chi connectivity index (χ1n) is 12.8. The average Bonchev–Trinajstić information content (AvgIpc) is 3.44. The molecule has 1 fully saturated rings. The van der Waals surface area contributed by atoms with Crippen LogP contribution in [0.4, 0.5) is 0 Å². The molecular weight excluding hydrogens is 474 g/mol. The van der Waals surface area contributed by atoms with Crippen LogP contribution >= 0.6 is 11.6 Å². The largest absolute Gasteiger partial charge is 0.512 e. The molecule has 1 aliphatic carbocycles. The van der Waals surface area contributed by atoms with Crippen molar-refractivity contribution in [1.82, 2.24) is 9.78 Å². The Morgan fingerprint density at radius 1 is 1.31 bits per heavy atom. The number of ether oxygens (including phenoxy) is 1. The monoisotopic (exact) mass is 509 g/mol. The summed E-state index contributed by atoms with van der Waals surface area (Å²) in [5, 5.41) is 25.7. The van der Waals surface area contributed by atoms with E-state index in [9.17, 15) is 15.2 Å². The maximum absolute atomic E-state index is 13.3. The van der Waals surface area contributed by atoms with Crippen LogP contribution in [0.2, 0.25) is 5.02 Å². The lowest BCUT2D eigenvalue weighted by Crippen LogP contribution is -2.46. The Labute approximate surface area is 218 Å². The molecule has 6 nitrogen and oxygen atoms in total. The van der Waals surface area contributed by atoms with Gasteiger partial charge in [0.05, 0.1) is 22.8 Å². The fraction of sp³-hybridized carbons (Fsp3) is 0.552. The number of benzene rings is 1. The minimum absolute atomic E-state index is 0.143. The molecule has 0 amide bonds. The zero-order valence-corrected chi connectivity index (χ0v) is 22.7. The molecule has 1 unspecified atom stereocenters. The number of aliphatic hydroxyl groups is 1. The predicted molar refractivity (Wildman–Crippen MR) is 140 cm³/mol. The number of aliphatic hydroxyl groups excluding tert-OH is 1. The van der Waals surface area contributed by atoms with Gasteiger partial charge in [0.1, 0.15) is 11.4 Å². The van der Waals surface area contributed by atoms with Gasteiger partial charge in [0, 0.05) is 36.2 Å². The van der Waals surface area contributed by atoms with Crippen molar-refractivity contribution in [2.45, 2.75) is 90.1 Å². The van der Waals surface area contributed by atoms with Gasteiger partial charge in [0.25, 0.3) is 0 Å². The fourth-order valence-corrected chi connectivity index (χ4v) is 6.31. The second-order valence-corrected chi connectivity index (χ2v) is 11.4. The molecular formula is C29H36ClN3O3. The molecule has 4 rings (SSSR count). The molecule has 1 atom stereocenters. The van der Waals surface area contributed by atoms with Gasteiger partial charge in [-0.1, -0.05) is 36.6 Å². The van der Waals surface area contributed by atoms with E-state index in [4.69, 9.17) is 16.3 Å². The van der Waals surface area contributed by atoms with Crippen molar-refractivity contribution in [3.63, 3.8) is 0 Å². The summed E-state index contributed by atoms with van der Waals surface area (Å²) in [6.45, 7) is 7.60. The number of hydrogen-bond donors (Lipinski definition) is 1. The van der Waals surface area contributed by atoms with E-state index in [1.165, 1.54) is 0 Å². The summed E-state index contributed by atoms with van der Waals surface area (Å²) in [6, 6.07) is 8.14. The number of carbonyl (C=O) groups is 1. The molecule has 0 saturated heterocycles. The number of aromatic nitrogens is 2. The Morgan fingerprint density at radius 3 is 2.56 bits per heavy atom. The number of carbonyl (C=O) groups excluding carboxylic acids is 1. The minimum Gasteiger partial charge on any atom is -0.512 e. The third-order valence-corrected chi connectivity index (χ3v) is 8.60. The Bertz CT molecular complexity index is 1250. The lowest BCUT2D eigenvalue weighted by molar-refractivity contribution is -0.167. The van der Waals surface area contributed by atoms with Crippen LogP contribution in [0.1, 0.15) is 80.5 Å². The summed E-state index contributed by atoms with van der Waals surface area (Å²) in [5.74, 6) is -0.0540. The van der Waals surface area contributed by atoms with E-state index in [0.29, 0.717) is 36.3 Å². The summed E-state index contributed by atoms with van der Waals surface area (Å²) >= 11 is 6.55. The van der Waals surface area contributed by atoms with E-state index in [0.717, 1.165) is 53.8 Å². The van der Waals surface area contributed by atoms with Gasteiger partial charge in [-0.3, -0.25) is 4.68 Å². The number of aryl methyl sites for hydroxylation is 3. The van der Waals surface area contributed by atoms with Gasteiger partial charge in [-0.15, -0.1) is 0 Å². The molecule has 0 bridgehead atoms. The van der Waals surface area contributed by atoms with Crippen molar-refractivity contribution in [2.75, 3.05) is 0 Å². The molecule has 1 aliphatic heterocycles. The first kappa shape index (κ1) is 26.3. The van der Waals surface area contributed by atoms with Crippen LogP contribution in [0.5, 0.6) is 0 Å². The van der Waals surface area contributed by atoms with Gasteiger partial charge < -0.3 is 9.84 Å². The maximum Gasteiger partial charge on any atom is 0.338 e. The van der Waals surface area contributed by atoms with E-state index in [1.54, 1.807) is 4.68 Å². The Balaban J connectivity index is 1.59. The number of cyclic esters (lactones) is 1. The molecule has 0 spiro atoms. The summed E-state index contributed by atoms with van der Waals surface area (Å²) in [6.07, 6.45) is 6.15. The first-order chi connectivity index (χ1) is 17.0. The number of hydrogen-bond acceptors (Lipinski definition) is 5. The highest BCUT2D eigenvalue weighted by Gasteiger charge is 2.48. The maximum atomic E-state index is 13.3. The Morgan fingerprint density at radius 2 is 2.00 bits per heavy atom. The van der Waals surface area contributed by atoms with Gasteiger partial charge in [-0.05, 0) is 76.5 Å². The molecule has 192 valence electrons. The zero-order valence-electron chi connectivity index (χ0n) is 21.9. The minimum atomic E-state index is -0.725. The first-order valence-corrected chi connectivity index (χ1v) is 13.2. The van der Waals surface area contributed by atoms with Crippen LogP contribution in [-0.4, -0.2) is 26.5 Å². The van der Waals surface area contributed by atoms with E-state index in [1.807, 2.05) is 52.9 Å². The lowest BCUT2D eigenvalue weighted by atomic mass is 9.76. The summed E-state index contributed by atoms with van der Waals surface area (Å²) in [7, 11) is 1.88. The summed E-state index contributed by atoms with van der Waals surface area (Å²) in [4.78, 5) is 13.3. The number of nitriles is 1. The van der Waals surface area contributed by atoms with Crippen LogP contribution in [0.25, 0.3) is 0 Å². The molecule has 2 aliphatic rings. The summed E-state index contributed by atoms with van der Waals surface area (Å²) < 4.78 is 8.09. The molecule has 0 radical (unpaired) electrons. The number of nitrogens with zero attached hydrogens (tertiary/aromatic N) is 3. The molecule has 1 N–H and O–H groups in total. The van der Waals surface area contributed by atoms with Crippen molar-refractivity contribution in [1.29, 1.82) is 5.26 Å². The standard InChI is InChI=1S/C29H36ClN3O3/c1-18-22(19(2)33(5)32-18)15-23-26(34)16-29(36-27(23)35,21-8-6-7-9-21)13-12-20-10-11-24(25(30)14-20)28(3,4)17-31/h10-11,14,21,34H,6-9,12-13,15-16H2,1-5H3. The third kappa shape index (κ3) is 4.91. The van der Waals surface area contributed by atoms with E-state index in [2.05, 4.69) is 11.2 Å². The van der Waals surface area contributed by atoms with Crippen LogP contribution < -0.4 is 0 Å². The predicted octanol–water partition coefficient (Wildman–Crippen LogP) is 6.35. The highest BCUT2D eigenvalue weighted by Crippen LogP contribution is 2.46. The molecule has 2 heterocycles. The van der Waals surface area contributed by atoms with E-state index >= 15 is 0 Å². The molecule has 1 saturated carbocycles. The SMILES string of the molecule is Cc1nn(C)c(C)c1CC1=C(O)CC(CCc2ccc(C(C)(C)C#N)c(Cl)c2)(C2CCCC2)OC1=O. The van der Waals surface area contributed by atoms with Gasteiger partial charge in [-0.25, -0.2) is 4.79 Å². The van der Waals surface area contributed by atoms with Gasteiger partial charge in [-0.2, -0.15) is 10.4 Å². The van der Waals surface area contributed by atoms with Gasteiger partial charge in [0.15, 0.2) is 0 Å². The normalized spacial score (nSPS) is 21.1. The van der Waals surface area contributed by atoms with E-state index < -0.39 is 17.0 Å². The highest BCUT2D eigenvalue weighted by molar-refractivity contribution is 6.31. The van der Waals surface area contributed by atoms with E-state index in [-0.39, 0.29) is 11.7 Å². The number of halogens is 1. The molecule has 2 aromatic rings. The third-order valence-electron chi connectivity index (χ3n) is 8.29. The molecule has 36 heavy (non-hydrogen) atoms. The second-order valence-electron chi connectivity index (χ2n) is 11.0. The van der Waals surface area contributed by atoms with Crippen molar-refractivity contribution >= 4 is 17.6 Å². The van der Waals surface area contributed by atoms with Crippen LogP contribution in [0.3, 0.4) is 0 Å². The lowest BCUT2D eigenvalue weighted by Gasteiger charge is -2.42. The topological polar surface area (TPSA) is 88.1 Å². The average molecular weight is 510 g/mol. The molecule has 7 heteroatoms. The molecule has 1 aromatic heterocycles. The number of rotatable bonds is 7. The Kier molecular flexibility index (Phi) is 7.26. The second kappa shape index (κ2) is 9.94. The summed E-state index contributed by atoms with van der Waals surface area (Å²) in [5.41, 5.74) is 3.57. The van der Waals surface area contributed by atoms with Crippen molar-refractivity contribution in [3.8, 4) is 6.07 Å².